The molecule has 4 heteroatoms. The van der Waals surface area contributed by atoms with Crippen LogP contribution in [0.1, 0.15) is 73.5 Å². The minimum atomic E-state index is -2.51. The lowest BCUT2D eigenvalue weighted by atomic mass is 9.79. The van der Waals surface area contributed by atoms with Gasteiger partial charge in [0.1, 0.15) is 11.6 Å². The normalized spacial score (nSPS) is 12.7. The van der Waals surface area contributed by atoms with Crippen LogP contribution < -0.4 is 0 Å². The van der Waals surface area contributed by atoms with Crippen LogP contribution in [0, 0.1) is 20.7 Å². The molecule has 0 aliphatic heterocycles. The van der Waals surface area contributed by atoms with Crippen LogP contribution in [0.3, 0.4) is 0 Å². The number of aryl methyl sites for hydroxylation is 3. The molecule has 0 spiro atoms. The zero-order valence-electron chi connectivity index (χ0n) is 43.7. The summed E-state index contributed by atoms with van der Waals surface area (Å²) < 4.78 is 29.2. The second kappa shape index (κ2) is 17.7. The molecule has 2 aromatic heterocycles. The van der Waals surface area contributed by atoms with Crippen LogP contribution in [-0.2, 0) is 10.8 Å². The van der Waals surface area contributed by atoms with Crippen molar-refractivity contribution in [3.63, 3.8) is 0 Å². The molecule has 0 unspecified atom stereocenters. The second-order valence-corrected chi connectivity index (χ2v) is 20.5. The Hall–Kier alpha value is -7.82. The number of phenols is 1. The molecule has 0 bridgehead atoms. The van der Waals surface area contributed by atoms with Crippen LogP contribution in [0.15, 0.2) is 188 Å². The molecule has 10 rings (SSSR count). The Bertz CT molecular complexity index is 3620. The average molecular weight is 901 g/mol. The Kier molecular flexibility index (Phi) is 10.6. The summed E-state index contributed by atoms with van der Waals surface area (Å²) in [6.45, 7) is 14.6. The quantitative estimate of drug-likeness (QED) is 0.165. The number of nitrogens with zero attached hydrogens (tertiary/aromatic N) is 3. The van der Waals surface area contributed by atoms with E-state index in [9.17, 15) is 5.11 Å². The van der Waals surface area contributed by atoms with Crippen molar-refractivity contribution in [2.75, 3.05) is 0 Å². The van der Waals surface area contributed by atoms with Gasteiger partial charge in [0, 0.05) is 21.4 Å². The molecule has 0 atom stereocenters. The van der Waals surface area contributed by atoms with Gasteiger partial charge in [-0.3, -0.25) is 9.55 Å². The number of fused-ring (bicyclic) bond motifs is 1. The molecule has 0 saturated carbocycles. The minimum Gasteiger partial charge on any atom is -0.507 e. The third-order valence-corrected chi connectivity index (χ3v) is 13.3. The lowest BCUT2D eigenvalue weighted by Gasteiger charge is -2.26. The van der Waals surface area contributed by atoms with Gasteiger partial charge in [0.05, 0.1) is 28.0 Å². The van der Waals surface area contributed by atoms with Crippen LogP contribution in [0.5, 0.6) is 5.75 Å². The molecule has 0 aliphatic rings. The van der Waals surface area contributed by atoms with Gasteiger partial charge in [0.25, 0.3) is 0 Å². The number of para-hydroxylation sites is 1. The number of hydrogen-bond acceptors (Lipinski definition) is 3. The average Bonchev–Trinajstić information content (AvgIpc) is 3.76. The summed E-state index contributed by atoms with van der Waals surface area (Å²) in [5.74, 6) is 0.533. The van der Waals surface area contributed by atoms with Gasteiger partial charge >= 0.3 is 0 Å². The molecule has 69 heavy (non-hydrogen) atoms. The molecule has 0 fully saturated rings. The summed E-state index contributed by atoms with van der Waals surface area (Å²) in [6, 6.07) is 62.5. The fraction of sp³-hybridized carbons (Fsp3) is 0.169. The van der Waals surface area contributed by atoms with Crippen molar-refractivity contribution < 1.29 is 9.22 Å². The van der Waals surface area contributed by atoms with Crippen LogP contribution in [0.2, 0.25) is 0 Å². The summed E-state index contributed by atoms with van der Waals surface area (Å²) >= 11 is 0. The Balaban J connectivity index is 1.18. The highest BCUT2D eigenvalue weighted by atomic mass is 16.3. The van der Waals surface area contributed by atoms with E-state index in [-0.39, 0.29) is 22.1 Å². The summed E-state index contributed by atoms with van der Waals surface area (Å²) in [4.78, 5) is 10.4. The Morgan fingerprint density at radius 1 is 0.464 bits per heavy atom. The highest BCUT2D eigenvalue weighted by Gasteiger charge is 2.24. The smallest absolute Gasteiger partial charge is 0.149 e. The lowest BCUT2D eigenvalue weighted by molar-refractivity contribution is 0.472. The standard InChI is InChI=1S/C65H59N3O/c1-41-31-43(3)62(69)57(32-41)63-67-61-56(21-16-22-60(61)68(63)59-28-27-48(33-42(59)2)51-37-54(64(4,5)6)40-55(38-51)65(7,8)9)52-34-50(45-19-14-11-15-20-45)35-53(36-52)58-39-49(29-30-66-58)47-25-23-46(24-26-47)44-17-12-10-13-18-44/h10-40,69H,1-9H3/i2D3. The molecule has 10 aromatic rings. The van der Waals surface area contributed by atoms with Gasteiger partial charge in [0.15, 0.2) is 0 Å². The topological polar surface area (TPSA) is 50.9 Å². The van der Waals surface area contributed by atoms with Crippen LogP contribution in [0.25, 0.3) is 95.0 Å². The first-order valence-corrected chi connectivity index (χ1v) is 23.8. The van der Waals surface area contributed by atoms with Gasteiger partial charge in [-0.25, -0.2) is 4.98 Å². The van der Waals surface area contributed by atoms with Gasteiger partial charge < -0.3 is 5.11 Å². The van der Waals surface area contributed by atoms with Crippen molar-refractivity contribution in [2.24, 2.45) is 0 Å². The number of aromatic hydroxyl groups is 1. The minimum absolute atomic E-state index is 0.0912. The first-order valence-electron chi connectivity index (χ1n) is 25.3. The summed E-state index contributed by atoms with van der Waals surface area (Å²) in [5.41, 5.74) is 18.1. The van der Waals surface area contributed by atoms with E-state index in [0.29, 0.717) is 33.7 Å². The largest absolute Gasteiger partial charge is 0.507 e. The van der Waals surface area contributed by atoms with Crippen molar-refractivity contribution in [1.82, 2.24) is 14.5 Å². The molecule has 0 amide bonds. The van der Waals surface area contributed by atoms with E-state index in [1.807, 2.05) is 97.4 Å². The van der Waals surface area contributed by atoms with Crippen molar-refractivity contribution in [3.05, 3.63) is 216 Å². The number of hydrogen-bond donors (Lipinski definition) is 1. The van der Waals surface area contributed by atoms with E-state index in [1.165, 1.54) is 16.7 Å². The fourth-order valence-corrected chi connectivity index (χ4v) is 9.44. The summed E-state index contributed by atoms with van der Waals surface area (Å²) in [5, 5.41) is 11.9. The maximum absolute atomic E-state index is 11.9. The molecule has 340 valence electrons. The molecular weight excluding hydrogens is 839 g/mol. The zero-order chi connectivity index (χ0) is 50.7. The zero-order valence-corrected chi connectivity index (χ0v) is 40.7. The highest BCUT2D eigenvalue weighted by Crippen LogP contribution is 2.43. The molecule has 8 aromatic carbocycles. The lowest BCUT2D eigenvalue weighted by Crippen LogP contribution is -2.16. The number of rotatable bonds is 8. The number of benzene rings is 8. The van der Waals surface area contributed by atoms with Crippen LogP contribution in [0.4, 0.5) is 0 Å². The monoisotopic (exact) mass is 900 g/mol. The predicted molar refractivity (Wildman–Crippen MR) is 290 cm³/mol. The van der Waals surface area contributed by atoms with Gasteiger partial charge in [-0.05, 0) is 164 Å². The Labute approximate surface area is 411 Å². The number of pyridine rings is 1. The number of imidazole rings is 1. The predicted octanol–water partition coefficient (Wildman–Crippen LogP) is 17.3. The molecule has 0 radical (unpaired) electrons. The maximum Gasteiger partial charge on any atom is 0.149 e. The van der Waals surface area contributed by atoms with E-state index in [0.717, 1.165) is 66.9 Å². The van der Waals surface area contributed by atoms with E-state index >= 15 is 0 Å². The molecule has 4 nitrogen and oxygen atoms in total. The molecule has 0 aliphatic carbocycles. The first kappa shape index (κ1) is 41.4. The number of aromatic nitrogens is 3. The third kappa shape index (κ3) is 8.91. The molecule has 0 saturated heterocycles. The summed E-state index contributed by atoms with van der Waals surface area (Å²) in [6.07, 6.45) is 1.87. The molecule has 2 heterocycles. The third-order valence-electron chi connectivity index (χ3n) is 13.3. The van der Waals surface area contributed by atoms with Gasteiger partial charge in [-0.15, -0.1) is 0 Å². The Morgan fingerprint density at radius 2 is 1.03 bits per heavy atom. The number of phenolic OH excluding ortho intramolecular Hbond substituents is 1. The van der Waals surface area contributed by atoms with E-state index in [1.54, 1.807) is 0 Å². The van der Waals surface area contributed by atoms with Crippen LogP contribution >= 0.6 is 0 Å². The van der Waals surface area contributed by atoms with Crippen molar-refractivity contribution in [2.45, 2.75) is 73.1 Å². The van der Waals surface area contributed by atoms with E-state index in [2.05, 4.69) is 151 Å². The van der Waals surface area contributed by atoms with Crippen molar-refractivity contribution in [1.29, 1.82) is 0 Å². The maximum atomic E-state index is 11.9. The first-order chi connectivity index (χ1) is 34.3. The van der Waals surface area contributed by atoms with Gasteiger partial charge in [-0.1, -0.05) is 169 Å². The van der Waals surface area contributed by atoms with E-state index in [4.69, 9.17) is 14.1 Å². The van der Waals surface area contributed by atoms with Crippen molar-refractivity contribution in [3.8, 4) is 89.7 Å². The molecular formula is C65H59N3O. The van der Waals surface area contributed by atoms with Gasteiger partial charge in [0.2, 0.25) is 0 Å². The fourth-order valence-electron chi connectivity index (χ4n) is 9.44. The van der Waals surface area contributed by atoms with Gasteiger partial charge in [-0.2, -0.15) is 0 Å². The van der Waals surface area contributed by atoms with E-state index < -0.39 is 6.85 Å². The highest BCUT2D eigenvalue weighted by molar-refractivity contribution is 5.98. The second-order valence-electron chi connectivity index (χ2n) is 20.5. The summed E-state index contributed by atoms with van der Waals surface area (Å²) in [7, 11) is 0. The Morgan fingerprint density at radius 3 is 1.68 bits per heavy atom. The molecule has 1 N–H and O–H groups in total. The van der Waals surface area contributed by atoms with Crippen LogP contribution in [-0.4, -0.2) is 19.6 Å². The van der Waals surface area contributed by atoms with Crippen molar-refractivity contribution >= 4 is 11.0 Å². The SMILES string of the molecule is [2H]C([2H])([2H])c1cc(-c2cc(C(C)(C)C)cc(C(C)(C)C)c2)ccc1-n1c(-c2cc(C)cc(C)c2O)nc2c(-c3cc(-c4ccccc4)cc(-c4cc(-c5ccc(-c6ccccc6)cc5)ccn4)c3)cccc21.